The van der Waals surface area contributed by atoms with Gasteiger partial charge in [0.15, 0.2) is 0 Å². The minimum atomic E-state index is -2.53. The number of para-hydroxylation sites is 2. The van der Waals surface area contributed by atoms with Crippen molar-refractivity contribution in [2.45, 2.75) is 13.0 Å². The molecule has 0 fully saturated rings. The van der Waals surface area contributed by atoms with Crippen molar-refractivity contribution in [2.24, 2.45) is 0 Å². The van der Waals surface area contributed by atoms with E-state index in [9.17, 15) is 13.6 Å². The zero-order chi connectivity index (χ0) is 14.5. The van der Waals surface area contributed by atoms with E-state index in [4.69, 9.17) is 5.11 Å². The molecule has 0 saturated carbocycles. The molecule has 5 nitrogen and oxygen atoms in total. The summed E-state index contributed by atoms with van der Waals surface area (Å²) in [6.45, 7) is -0.712. The molecule has 0 saturated heterocycles. The third-order valence-corrected chi connectivity index (χ3v) is 2.86. The molecule has 1 aromatic heterocycles. The first-order valence-corrected chi connectivity index (χ1v) is 6.19. The predicted molar refractivity (Wildman–Crippen MR) is 70.7 cm³/mol. The molecule has 0 atom stereocenters. The minimum absolute atomic E-state index is 0.0228. The number of hydrogen-bond donors (Lipinski definition) is 2. The van der Waals surface area contributed by atoms with Crippen LogP contribution in [-0.4, -0.2) is 46.1 Å². The van der Waals surface area contributed by atoms with Crippen LogP contribution in [0.5, 0.6) is 0 Å². The smallest absolute Gasteiger partial charge is 0.271 e. The highest BCUT2D eigenvalue weighted by Gasteiger charge is 2.15. The lowest BCUT2D eigenvalue weighted by Crippen LogP contribution is -2.34. The van der Waals surface area contributed by atoms with Crippen molar-refractivity contribution in [2.75, 3.05) is 19.7 Å². The molecule has 0 unspecified atom stereocenters. The third kappa shape index (κ3) is 3.58. The third-order valence-electron chi connectivity index (χ3n) is 2.86. The van der Waals surface area contributed by atoms with E-state index in [-0.39, 0.29) is 25.4 Å². The molecular formula is C13H15F2N3O2. The minimum Gasteiger partial charge on any atom is -0.395 e. The van der Waals surface area contributed by atoms with E-state index in [1.807, 2.05) is 0 Å². The van der Waals surface area contributed by atoms with Gasteiger partial charge in [-0.25, -0.2) is 13.8 Å². The SMILES string of the molecule is O=c1[nH]c2ccccc2nc1CN(CCO)CC(F)F. The zero-order valence-corrected chi connectivity index (χ0v) is 10.7. The maximum absolute atomic E-state index is 12.4. The number of hydrogen-bond acceptors (Lipinski definition) is 4. The van der Waals surface area contributed by atoms with Crippen LogP contribution in [0.2, 0.25) is 0 Å². The standard InChI is InChI=1S/C13H15F2N3O2/c14-12(15)8-18(5-6-19)7-11-13(20)17-10-4-2-1-3-9(10)16-11/h1-4,12,19H,5-8H2,(H,17,20). The number of alkyl halides is 2. The Hall–Kier alpha value is -1.86. The second-order valence-electron chi connectivity index (χ2n) is 4.38. The maximum atomic E-state index is 12.4. The van der Waals surface area contributed by atoms with Crippen LogP contribution in [-0.2, 0) is 6.54 Å². The lowest BCUT2D eigenvalue weighted by atomic mass is 10.3. The summed E-state index contributed by atoms with van der Waals surface area (Å²) in [6.07, 6.45) is -2.53. The van der Waals surface area contributed by atoms with Crippen LogP contribution in [0.25, 0.3) is 11.0 Å². The van der Waals surface area contributed by atoms with Gasteiger partial charge in [-0.15, -0.1) is 0 Å². The van der Waals surface area contributed by atoms with Crippen molar-refractivity contribution in [1.29, 1.82) is 0 Å². The Bertz CT molecular complexity index is 630. The van der Waals surface area contributed by atoms with Crippen LogP contribution in [0.1, 0.15) is 5.69 Å². The Kier molecular flexibility index (Phi) is 4.75. The largest absolute Gasteiger partial charge is 0.395 e. The van der Waals surface area contributed by atoms with E-state index < -0.39 is 18.5 Å². The molecule has 0 radical (unpaired) electrons. The molecule has 2 aromatic rings. The first-order chi connectivity index (χ1) is 9.60. The summed E-state index contributed by atoms with van der Waals surface area (Å²) in [6, 6.07) is 7.01. The number of H-pyrrole nitrogens is 1. The number of nitrogens with zero attached hydrogens (tertiary/aromatic N) is 2. The molecule has 1 aromatic carbocycles. The molecule has 0 aliphatic carbocycles. The molecule has 20 heavy (non-hydrogen) atoms. The molecule has 0 aliphatic rings. The normalized spacial score (nSPS) is 11.7. The highest BCUT2D eigenvalue weighted by Crippen LogP contribution is 2.08. The number of nitrogens with one attached hydrogen (secondary N) is 1. The Morgan fingerprint density at radius 1 is 1.35 bits per heavy atom. The summed E-state index contributed by atoms with van der Waals surface area (Å²) in [5, 5.41) is 8.88. The van der Waals surface area contributed by atoms with Crippen molar-refractivity contribution >= 4 is 11.0 Å². The lowest BCUT2D eigenvalue weighted by molar-refractivity contribution is 0.0738. The molecule has 0 amide bonds. The Morgan fingerprint density at radius 3 is 2.80 bits per heavy atom. The van der Waals surface area contributed by atoms with E-state index >= 15 is 0 Å². The number of aromatic amines is 1. The van der Waals surface area contributed by atoms with Crippen molar-refractivity contribution in [3.63, 3.8) is 0 Å². The second kappa shape index (κ2) is 6.53. The van der Waals surface area contributed by atoms with Gasteiger partial charge in [-0.1, -0.05) is 12.1 Å². The van der Waals surface area contributed by atoms with Gasteiger partial charge >= 0.3 is 0 Å². The number of rotatable bonds is 6. The van der Waals surface area contributed by atoms with Crippen molar-refractivity contribution in [1.82, 2.24) is 14.9 Å². The summed E-state index contributed by atoms with van der Waals surface area (Å²) in [4.78, 5) is 20.0. The van der Waals surface area contributed by atoms with E-state index in [2.05, 4.69) is 9.97 Å². The van der Waals surface area contributed by atoms with Gasteiger partial charge in [0.2, 0.25) is 0 Å². The number of fused-ring (bicyclic) bond motifs is 1. The van der Waals surface area contributed by atoms with Gasteiger partial charge in [-0.3, -0.25) is 9.69 Å². The fraction of sp³-hybridized carbons (Fsp3) is 0.385. The summed E-state index contributed by atoms with van der Waals surface area (Å²) in [7, 11) is 0. The average molecular weight is 283 g/mol. The van der Waals surface area contributed by atoms with Gasteiger partial charge in [0.1, 0.15) is 5.69 Å². The molecule has 0 aliphatic heterocycles. The molecule has 0 bridgehead atoms. The van der Waals surface area contributed by atoms with Crippen LogP contribution in [0, 0.1) is 0 Å². The quantitative estimate of drug-likeness (QED) is 0.829. The van der Waals surface area contributed by atoms with Crippen LogP contribution in [0.3, 0.4) is 0 Å². The molecule has 0 spiro atoms. The summed E-state index contributed by atoms with van der Waals surface area (Å²) >= 11 is 0. The Labute approximate surface area is 113 Å². The fourth-order valence-electron chi connectivity index (χ4n) is 1.96. The number of aliphatic hydroxyl groups excluding tert-OH is 1. The van der Waals surface area contributed by atoms with Crippen molar-refractivity contribution in [3.05, 3.63) is 40.3 Å². The zero-order valence-electron chi connectivity index (χ0n) is 10.7. The number of benzene rings is 1. The van der Waals surface area contributed by atoms with Gasteiger partial charge in [-0.05, 0) is 12.1 Å². The van der Waals surface area contributed by atoms with E-state index in [1.54, 1.807) is 24.3 Å². The summed E-state index contributed by atoms with van der Waals surface area (Å²) in [5.74, 6) is 0. The number of aliphatic hydroxyl groups is 1. The van der Waals surface area contributed by atoms with Crippen LogP contribution < -0.4 is 5.56 Å². The first kappa shape index (κ1) is 14.5. The van der Waals surface area contributed by atoms with Gasteiger partial charge in [0.25, 0.3) is 12.0 Å². The monoisotopic (exact) mass is 283 g/mol. The topological polar surface area (TPSA) is 69.2 Å². The maximum Gasteiger partial charge on any atom is 0.271 e. The predicted octanol–water partition coefficient (Wildman–Crippen LogP) is 0.982. The molecule has 1 heterocycles. The fourth-order valence-corrected chi connectivity index (χ4v) is 1.96. The average Bonchev–Trinajstić information content (AvgIpc) is 2.39. The second-order valence-corrected chi connectivity index (χ2v) is 4.38. The van der Waals surface area contributed by atoms with Gasteiger partial charge < -0.3 is 10.1 Å². The van der Waals surface area contributed by atoms with Gasteiger partial charge in [-0.2, -0.15) is 0 Å². The van der Waals surface area contributed by atoms with Crippen LogP contribution in [0.15, 0.2) is 29.1 Å². The summed E-state index contributed by atoms with van der Waals surface area (Å²) < 4.78 is 24.9. The van der Waals surface area contributed by atoms with E-state index in [1.165, 1.54) is 4.90 Å². The Morgan fingerprint density at radius 2 is 2.10 bits per heavy atom. The first-order valence-electron chi connectivity index (χ1n) is 6.19. The molecule has 7 heteroatoms. The van der Waals surface area contributed by atoms with Crippen molar-refractivity contribution in [3.8, 4) is 0 Å². The Balaban J connectivity index is 2.26. The van der Waals surface area contributed by atoms with E-state index in [0.717, 1.165) is 0 Å². The number of aromatic nitrogens is 2. The van der Waals surface area contributed by atoms with E-state index in [0.29, 0.717) is 11.0 Å². The van der Waals surface area contributed by atoms with Crippen LogP contribution in [0.4, 0.5) is 8.78 Å². The molecule has 2 N–H and O–H groups in total. The highest BCUT2D eigenvalue weighted by molar-refractivity contribution is 5.73. The molecule has 2 rings (SSSR count). The summed E-state index contributed by atoms with van der Waals surface area (Å²) in [5.41, 5.74) is 0.964. The lowest BCUT2D eigenvalue weighted by Gasteiger charge is -2.19. The van der Waals surface area contributed by atoms with Gasteiger partial charge in [0, 0.05) is 13.1 Å². The molecule has 108 valence electrons. The van der Waals surface area contributed by atoms with Gasteiger partial charge in [0.05, 0.1) is 24.2 Å². The number of halogens is 2. The van der Waals surface area contributed by atoms with Crippen LogP contribution >= 0.6 is 0 Å². The molecular weight excluding hydrogens is 268 g/mol. The van der Waals surface area contributed by atoms with Crippen molar-refractivity contribution < 1.29 is 13.9 Å². The highest BCUT2D eigenvalue weighted by atomic mass is 19.3.